The summed E-state index contributed by atoms with van der Waals surface area (Å²) in [5.41, 5.74) is 2.35. The van der Waals surface area contributed by atoms with Crippen LogP contribution >= 0.6 is 0 Å². The molecule has 0 radical (unpaired) electrons. The van der Waals surface area contributed by atoms with Crippen molar-refractivity contribution in [2.75, 3.05) is 0 Å². The molecule has 30 heavy (non-hydrogen) atoms. The molecular weight excluding hydrogens is 384 g/mol. The number of carbonyl (C=O) groups is 3. The summed E-state index contributed by atoms with van der Waals surface area (Å²) in [6.45, 7) is 0.234. The van der Waals surface area contributed by atoms with Crippen molar-refractivity contribution >= 4 is 17.8 Å². The van der Waals surface area contributed by atoms with Gasteiger partial charge in [0, 0.05) is 12.0 Å². The van der Waals surface area contributed by atoms with Crippen LogP contribution in [-0.4, -0.2) is 28.9 Å². The van der Waals surface area contributed by atoms with Crippen LogP contribution in [0.1, 0.15) is 29.0 Å². The number of hydrogen-bond acceptors (Lipinski definition) is 5. The Labute approximate surface area is 173 Å². The van der Waals surface area contributed by atoms with E-state index in [9.17, 15) is 19.5 Å². The monoisotopic (exact) mass is 406 g/mol. The van der Waals surface area contributed by atoms with E-state index in [1.165, 1.54) is 6.26 Å². The minimum atomic E-state index is -1.07. The van der Waals surface area contributed by atoms with Gasteiger partial charge in [0.1, 0.15) is 11.8 Å². The Kier molecular flexibility index (Phi) is 7.13. The van der Waals surface area contributed by atoms with Crippen molar-refractivity contribution in [3.63, 3.8) is 0 Å². The molecule has 2 aromatic carbocycles. The molecule has 0 bridgehead atoms. The van der Waals surface area contributed by atoms with Gasteiger partial charge in [-0.05, 0) is 41.8 Å². The number of carboxylic acids is 1. The summed E-state index contributed by atoms with van der Waals surface area (Å²) in [5, 5.41) is 14.4. The lowest BCUT2D eigenvalue weighted by atomic mass is 10.0. The molecule has 1 atom stereocenters. The van der Waals surface area contributed by atoms with Crippen LogP contribution in [0.3, 0.4) is 0 Å². The summed E-state index contributed by atoms with van der Waals surface area (Å²) >= 11 is 0. The van der Waals surface area contributed by atoms with Crippen molar-refractivity contribution in [2.45, 2.75) is 25.4 Å². The van der Waals surface area contributed by atoms with Gasteiger partial charge in [0.25, 0.3) is 5.91 Å². The van der Waals surface area contributed by atoms with Crippen molar-refractivity contribution in [1.82, 2.24) is 10.6 Å². The zero-order valence-corrected chi connectivity index (χ0v) is 16.2. The van der Waals surface area contributed by atoms with Gasteiger partial charge in [-0.25, -0.2) is 0 Å². The first-order chi connectivity index (χ1) is 14.5. The van der Waals surface area contributed by atoms with Crippen molar-refractivity contribution in [2.24, 2.45) is 0 Å². The van der Waals surface area contributed by atoms with E-state index in [1.807, 2.05) is 42.5 Å². The molecule has 0 unspecified atom stereocenters. The van der Waals surface area contributed by atoms with Gasteiger partial charge in [0.2, 0.25) is 5.91 Å². The average Bonchev–Trinajstić information content (AvgIpc) is 3.28. The Morgan fingerprint density at radius 2 is 1.60 bits per heavy atom. The first-order valence-electron chi connectivity index (χ1n) is 9.51. The van der Waals surface area contributed by atoms with Gasteiger partial charge < -0.3 is 9.52 Å². The first kappa shape index (κ1) is 21.0. The van der Waals surface area contributed by atoms with E-state index in [0.29, 0.717) is 11.3 Å². The normalized spacial score (nSPS) is 11.6. The second-order valence-electron chi connectivity index (χ2n) is 6.71. The van der Waals surface area contributed by atoms with Crippen molar-refractivity contribution in [3.8, 4) is 11.1 Å². The predicted molar refractivity (Wildman–Crippen MR) is 111 cm³/mol. The summed E-state index contributed by atoms with van der Waals surface area (Å²) in [4.78, 5) is 35.8. The molecule has 1 heterocycles. The van der Waals surface area contributed by atoms with Crippen LogP contribution in [0.25, 0.3) is 11.1 Å². The second-order valence-corrected chi connectivity index (χ2v) is 6.71. The molecule has 1 aromatic heterocycles. The average molecular weight is 406 g/mol. The molecule has 0 fully saturated rings. The summed E-state index contributed by atoms with van der Waals surface area (Å²) in [5.74, 6) is -1.52. The molecule has 0 spiro atoms. The van der Waals surface area contributed by atoms with Crippen LogP contribution in [0, 0.1) is 0 Å². The smallest absolute Gasteiger partial charge is 0.320 e. The maximum atomic E-state index is 12.3. The first-order valence-corrected chi connectivity index (χ1v) is 9.51. The number of rotatable bonds is 9. The van der Waals surface area contributed by atoms with Gasteiger partial charge in [-0.1, -0.05) is 42.5 Å². The molecule has 0 aliphatic heterocycles. The molecule has 0 aliphatic rings. The highest BCUT2D eigenvalue weighted by molar-refractivity contribution is 6.04. The maximum Gasteiger partial charge on any atom is 0.320 e. The topological polar surface area (TPSA) is 109 Å². The molecule has 3 aromatic rings. The molecule has 154 valence electrons. The van der Waals surface area contributed by atoms with Crippen molar-refractivity contribution < 1.29 is 23.9 Å². The number of nitrogens with one attached hydrogen (secondary N) is 2. The van der Waals surface area contributed by atoms with E-state index in [-0.39, 0.29) is 19.4 Å². The molecule has 0 aliphatic carbocycles. The highest BCUT2D eigenvalue weighted by Crippen LogP contribution is 2.19. The van der Waals surface area contributed by atoms with Gasteiger partial charge in [-0.2, -0.15) is 0 Å². The third kappa shape index (κ3) is 5.89. The van der Waals surface area contributed by atoms with Gasteiger partial charge in [0.05, 0.1) is 12.8 Å². The predicted octanol–water partition coefficient (Wildman–Crippen LogP) is 3.23. The van der Waals surface area contributed by atoms with E-state index in [1.54, 1.807) is 24.3 Å². The highest BCUT2D eigenvalue weighted by atomic mass is 16.4. The highest BCUT2D eigenvalue weighted by Gasteiger charge is 2.19. The molecule has 7 nitrogen and oxygen atoms in total. The lowest BCUT2D eigenvalue weighted by Gasteiger charge is -2.13. The van der Waals surface area contributed by atoms with E-state index in [4.69, 9.17) is 4.42 Å². The quantitative estimate of drug-likeness (QED) is 0.503. The third-order valence-corrected chi connectivity index (χ3v) is 4.57. The molecule has 3 N–H and O–H groups in total. The van der Waals surface area contributed by atoms with Gasteiger partial charge in [-0.3, -0.25) is 25.0 Å². The van der Waals surface area contributed by atoms with E-state index in [2.05, 4.69) is 10.6 Å². The largest absolute Gasteiger partial charge is 0.480 e. The minimum Gasteiger partial charge on any atom is -0.480 e. The van der Waals surface area contributed by atoms with Gasteiger partial charge in [-0.15, -0.1) is 0 Å². The van der Waals surface area contributed by atoms with Gasteiger partial charge in [0.15, 0.2) is 0 Å². The zero-order valence-electron chi connectivity index (χ0n) is 16.2. The summed E-state index contributed by atoms with van der Waals surface area (Å²) < 4.78 is 5.15. The molecule has 7 heteroatoms. The fraction of sp³-hybridized carbons (Fsp3) is 0.174. The fourth-order valence-corrected chi connectivity index (χ4v) is 2.93. The molecule has 2 amide bonds. The van der Waals surface area contributed by atoms with E-state index >= 15 is 0 Å². The van der Waals surface area contributed by atoms with E-state index in [0.717, 1.165) is 11.1 Å². The number of aliphatic carboxylic acids is 1. The zero-order chi connectivity index (χ0) is 21.3. The lowest BCUT2D eigenvalue weighted by molar-refractivity contribution is -0.139. The number of imide groups is 1. The number of hydrogen-bond donors (Lipinski definition) is 3. The number of benzene rings is 2. The van der Waals surface area contributed by atoms with Gasteiger partial charge >= 0.3 is 5.97 Å². The van der Waals surface area contributed by atoms with Crippen LogP contribution in [0.4, 0.5) is 0 Å². The summed E-state index contributed by atoms with van der Waals surface area (Å²) in [7, 11) is 0. The Hall–Kier alpha value is -3.71. The van der Waals surface area contributed by atoms with Crippen LogP contribution in [0.2, 0.25) is 0 Å². The number of carbonyl (C=O) groups excluding carboxylic acids is 2. The third-order valence-electron chi connectivity index (χ3n) is 4.57. The standard InChI is InChI=1S/C23H22N2O5/c26-21(13-12-20(23(28)29)24-15-19-7-4-14-30-19)25-22(27)18-10-8-17(9-11-18)16-5-2-1-3-6-16/h1-11,14,20,24H,12-13,15H2,(H,28,29)(H,25,26,27)/t20-/m0/s1. The number of carboxylic acid groups (broad SMARTS) is 1. The molecule has 0 saturated heterocycles. The summed E-state index contributed by atoms with van der Waals surface area (Å²) in [6.07, 6.45) is 1.44. The van der Waals surface area contributed by atoms with Crippen LogP contribution in [0.5, 0.6) is 0 Å². The van der Waals surface area contributed by atoms with Crippen molar-refractivity contribution in [1.29, 1.82) is 0 Å². The van der Waals surface area contributed by atoms with Crippen molar-refractivity contribution in [3.05, 3.63) is 84.3 Å². The SMILES string of the molecule is O=C(CC[C@H](NCc1ccco1)C(=O)O)NC(=O)c1ccc(-c2ccccc2)cc1. The maximum absolute atomic E-state index is 12.3. The second kappa shape index (κ2) is 10.2. The number of furan rings is 1. The molecule has 3 rings (SSSR count). The fourth-order valence-electron chi connectivity index (χ4n) is 2.93. The Bertz CT molecular complexity index is 982. The summed E-state index contributed by atoms with van der Waals surface area (Å²) in [6, 6.07) is 19.2. The van der Waals surface area contributed by atoms with Crippen LogP contribution in [-0.2, 0) is 16.1 Å². The minimum absolute atomic E-state index is 0.0438. The lowest BCUT2D eigenvalue weighted by Crippen LogP contribution is -2.38. The Morgan fingerprint density at radius 1 is 0.900 bits per heavy atom. The van der Waals surface area contributed by atoms with Crippen LogP contribution < -0.4 is 10.6 Å². The molecular formula is C23H22N2O5. The van der Waals surface area contributed by atoms with Crippen LogP contribution in [0.15, 0.2) is 77.4 Å². The Morgan fingerprint density at radius 3 is 2.23 bits per heavy atom. The molecule has 0 saturated carbocycles. The Balaban J connectivity index is 1.49. The number of amides is 2. The van der Waals surface area contributed by atoms with E-state index < -0.39 is 23.8 Å².